The molecule has 0 aromatic heterocycles. The summed E-state index contributed by atoms with van der Waals surface area (Å²) in [6, 6.07) is 9.20. The number of nitrogens with one attached hydrogen (secondary N) is 1. The molecule has 0 radical (unpaired) electrons. The molecule has 1 aliphatic carbocycles. The predicted octanol–water partition coefficient (Wildman–Crippen LogP) is 2.33. The van der Waals surface area contributed by atoms with E-state index in [1.54, 1.807) is 12.2 Å². The number of hydrogen-bond donors (Lipinski definition) is 2. The van der Waals surface area contributed by atoms with Crippen molar-refractivity contribution in [2.75, 3.05) is 0 Å². The van der Waals surface area contributed by atoms with Crippen LogP contribution in [0.25, 0.3) is 0 Å². The fourth-order valence-corrected chi connectivity index (χ4v) is 2.12. The molecule has 1 aromatic rings. The highest BCUT2D eigenvalue weighted by atomic mass is 16.5. The summed E-state index contributed by atoms with van der Waals surface area (Å²) in [5, 5.41) is 11.6. The van der Waals surface area contributed by atoms with Crippen molar-refractivity contribution in [2.24, 2.45) is 5.92 Å². The number of carboxylic acid groups (broad SMARTS) is 1. The molecule has 0 unspecified atom stereocenters. The summed E-state index contributed by atoms with van der Waals surface area (Å²) in [4.78, 5) is 22.6. The average molecular weight is 275 g/mol. The first kappa shape index (κ1) is 14.1. The summed E-state index contributed by atoms with van der Waals surface area (Å²) in [5.74, 6) is -1.41. The monoisotopic (exact) mass is 275 g/mol. The van der Waals surface area contributed by atoms with Gasteiger partial charge in [0.15, 0.2) is 0 Å². The summed E-state index contributed by atoms with van der Waals surface area (Å²) in [5.41, 5.74) is 0.912. The number of carbonyl (C=O) groups excluding carboxylic acids is 1. The van der Waals surface area contributed by atoms with Gasteiger partial charge >= 0.3 is 12.1 Å². The number of benzene rings is 1. The van der Waals surface area contributed by atoms with Gasteiger partial charge in [0.2, 0.25) is 0 Å². The first-order valence-corrected chi connectivity index (χ1v) is 6.52. The molecule has 0 spiro atoms. The molecule has 1 amide bonds. The number of carboxylic acids is 1. The molecule has 2 N–H and O–H groups in total. The molecule has 0 saturated heterocycles. The molecule has 106 valence electrons. The molecule has 0 fully saturated rings. The van der Waals surface area contributed by atoms with Gasteiger partial charge in [-0.15, -0.1) is 0 Å². The van der Waals surface area contributed by atoms with Crippen molar-refractivity contribution in [3.8, 4) is 0 Å². The second kappa shape index (κ2) is 6.75. The van der Waals surface area contributed by atoms with E-state index in [9.17, 15) is 9.59 Å². The van der Waals surface area contributed by atoms with Crippen LogP contribution >= 0.6 is 0 Å². The molecular weight excluding hydrogens is 258 g/mol. The van der Waals surface area contributed by atoms with Crippen LogP contribution in [0.15, 0.2) is 42.5 Å². The molecular formula is C15H17NO4. The Hall–Kier alpha value is -2.30. The molecule has 0 heterocycles. The third kappa shape index (κ3) is 4.12. The zero-order valence-electron chi connectivity index (χ0n) is 11.0. The standard InChI is InChI=1S/C15H17NO4/c17-14(18)12-7-4-8-13(9-12)16-15(19)20-10-11-5-2-1-3-6-11/h1-7,12-13H,8-10H2,(H,16,19)(H,17,18)/t12-,13+/m0/s1. The lowest BCUT2D eigenvalue weighted by atomic mass is 9.92. The Morgan fingerprint density at radius 1 is 1.30 bits per heavy atom. The Kier molecular flexibility index (Phi) is 4.76. The van der Waals surface area contributed by atoms with Gasteiger partial charge in [-0.1, -0.05) is 42.5 Å². The second-order valence-electron chi connectivity index (χ2n) is 4.75. The van der Waals surface area contributed by atoms with Crippen molar-refractivity contribution in [1.82, 2.24) is 5.32 Å². The highest BCUT2D eigenvalue weighted by Gasteiger charge is 2.24. The quantitative estimate of drug-likeness (QED) is 0.827. The first-order valence-electron chi connectivity index (χ1n) is 6.52. The number of carbonyl (C=O) groups is 2. The molecule has 0 saturated carbocycles. The van der Waals surface area contributed by atoms with E-state index in [1.807, 2.05) is 30.3 Å². The molecule has 1 aliphatic rings. The summed E-state index contributed by atoms with van der Waals surface area (Å²) < 4.78 is 5.10. The first-order chi connectivity index (χ1) is 9.65. The largest absolute Gasteiger partial charge is 0.481 e. The maximum Gasteiger partial charge on any atom is 0.407 e. The molecule has 5 heteroatoms. The summed E-state index contributed by atoms with van der Waals surface area (Å²) in [6.07, 6.45) is 3.95. The van der Waals surface area contributed by atoms with Gasteiger partial charge in [-0.3, -0.25) is 4.79 Å². The van der Waals surface area contributed by atoms with E-state index in [2.05, 4.69) is 5.32 Å². The van der Waals surface area contributed by atoms with Gasteiger partial charge in [0.25, 0.3) is 0 Å². The number of rotatable bonds is 4. The van der Waals surface area contributed by atoms with E-state index < -0.39 is 18.0 Å². The fraction of sp³-hybridized carbons (Fsp3) is 0.333. The normalized spacial score (nSPS) is 21.2. The van der Waals surface area contributed by atoms with Gasteiger partial charge < -0.3 is 15.2 Å². The number of amides is 1. The molecule has 0 bridgehead atoms. The van der Waals surface area contributed by atoms with Crippen LogP contribution in [-0.4, -0.2) is 23.2 Å². The lowest BCUT2D eigenvalue weighted by molar-refractivity contribution is -0.140. The SMILES string of the molecule is O=C(N[C@@H]1CC=C[C@H](C(=O)O)C1)OCc1ccccc1. The molecule has 2 atom stereocenters. The van der Waals surface area contributed by atoms with Crippen molar-refractivity contribution in [2.45, 2.75) is 25.5 Å². The number of hydrogen-bond acceptors (Lipinski definition) is 3. The Balaban J connectivity index is 1.77. The van der Waals surface area contributed by atoms with Gasteiger partial charge in [-0.05, 0) is 18.4 Å². The van der Waals surface area contributed by atoms with Crippen LogP contribution in [0.3, 0.4) is 0 Å². The van der Waals surface area contributed by atoms with Gasteiger partial charge in [-0.25, -0.2) is 4.79 Å². The van der Waals surface area contributed by atoms with Crippen LogP contribution in [0, 0.1) is 5.92 Å². The van der Waals surface area contributed by atoms with Crippen molar-refractivity contribution in [3.63, 3.8) is 0 Å². The van der Waals surface area contributed by atoms with Crippen molar-refractivity contribution in [1.29, 1.82) is 0 Å². The van der Waals surface area contributed by atoms with Crippen LogP contribution < -0.4 is 5.32 Å². The number of aliphatic carboxylic acids is 1. The van der Waals surface area contributed by atoms with E-state index in [-0.39, 0.29) is 12.6 Å². The summed E-state index contributed by atoms with van der Waals surface area (Å²) >= 11 is 0. The van der Waals surface area contributed by atoms with Crippen LogP contribution in [0.5, 0.6) is 0 Å². The van der Waals surface area contributed by atoms with E-state index >= 15 is 0 Å². The zero-order valence-corrected chi connectivity index (χ0v) is 11.0. The van der Waals surface area contributed by atoms with Crippen molar-refractivity contribution >= 4 is 12.1 Å². The Labute approximate surface area is 117 Å². The van der Waals surface area contributed by atoms with E-state index in [0.29, 0.717) is 12.8 Å². The van der Waals surface area contributed by atoms with Gasteiger partial charge in [0.1, 0.15) is 6.61 Å². The molecule has 0 aliphatic heterocycles. The Bertz CT molecular complexity index is 498. The second-order valence-corrected chi connectivity index (χ2v) is 4.75. The van der Waals surface area contributed by atoms with Crippen molar-refractivity contribution < 1.29 is 19.4 Å². The number of alkyl carbamates (subject to hydrolysis) is 1. The van der Waals surface area contributed by atoms with Crippen LogP contribution in [-0.2, 0) is 16.1 Å². The van der Waals surface area contributed by atoms with E-state index in [0.717, 1.165) is 5.56 Å². The average Bonchev–Trinajstić information content (AvgIpc) is 2.46. The van der Waals surface area contributed by atoms with Gasteiger partial charge in [-0.2, -0.15) is 0 Å². The lowest BCUT2D eigenvalue weighted by Gasteiger charge is -2.23. The Morgan fingerprint density at radius 2 is 2.05 bits per heavy atom. The minimum atomic E-state index is -0.870. The van der Waals surface area contributed by atoms with Gasteiger partial charge in [0.05, 0.1) is 5.92 Å². The third-order valence-electron chi connectivity index (χ3n) is 3.18. The van der Waals surface area contributed by atoms with E-state index in [1.165, 1.54) is 0 Å². The minimum absolute atomic E-state index is 0.190. The summed E-state index contributed by atoms with van der Waals surface area (Å²) in [6.45, 7) is 0.206. The predicted molar refractivity (Wildman–Crippen MR) is 73.1 cm³/mol. The van der Waals surface area contributed by atoms with Crippen LogP contribution in [0.4, 0.5) is 4.79 Å². The number of ether oxygens (including phenoxy) is 1. The summed E-state index contributed by atoms with van der Waals surface area (Å²) in [7, 11) is 0. The van der Waals surface area contributed by atoms with Crippen molar-refractivity contribution in [3.05, 3.63) is 48.0 Å². The fourth-order valence-electron chi connectivity index (χ4n) is 2.12. The van der Waals surface area contributed by atoms with E-state index in [4.69, 9.17) is 9.84 Å². The lowest BCUT2D eigenvalue weighted by Crippen LogP contribution is -2.38. The maximum absolute atomic E-state index is 11.7. The molecule has 20 heavy (non-hydrogen) atoms. The van der Waals surface area contributed by atoms with Crippen LogP contribution in [0.2, 0.25) is 0 Å². The maximum atomic E-state index is 11.7. The van der Waals surface area contributed by atoms with Crippen LogP contribution in [0.1, 0.15) is 18.4 Å². The minimum Gasteiger partial charge on any atom is -0.481 e. The Morgan fingerprint density at radius 3 is 2.75 bits per heavy atom. The third-order valence-corrected chi connectivity index (χ3v) is 3.18. The highest BCUT2D eigenvalue weighted by molar-refractivity contribution is 5.73. The molecule has 2 rings (SSSR count). The smallest absolute Gasteiger partial charge is 0.407 e. The highest BCUT2D eigenvalue weighted by Crippen LogP contribution is 2.18. The van der Waals surface area contributed by atoms with Gasteiger partial charge in [0, 0.05) is 6.04 Å². The molecule has 1 aromatic carbocycles. The topological polar surface area (TPSA) is 75.6 Å². The zero-order chi connectivity index (χ0) is 14.4. The molecule has 5 nitrogen and oxygen atoms in total.